The van der Waals surface area contributed by atoms with E-state index in [-0.39, 0.29) is 16.9 Å². The van der Waals surface area contributed by atoms with Gasteiger partial charge in [0.1, 0.15) is 5.65 Å². The Morgan fingerprint density at radius 3 is 2.79 bits per heavy atom. The second-order valence-corrected chi connectivity index (χ2v) is 8.91. The number of nitrogens with zero attached hydrogens (tertiary/aromatic N) is 3. The third kappa shape index (κ3) is 3.52. The number of sulfone groups is 1. The lowest BCUT2D eigenvalue weighted by atomic mass is 9.94. The van der Waals surface area contributed by atoms with Crippen LogP contribution in [0.1, 0.15) is 31.4 Å². The molecule has 0 N–H and O–H groups in total. The molecule has 0 radical (unpaired) electrons. The molecule has 0 aromatic carbocycles. The molecule has 0 saturated heterocycles. The maximum atomic E-state index is 12.2. The van der Waals surface area contributed by atoms with Gasteiger partial charge < -0.3 is 0 Å². The summed E-state index contributed by atoms with van der Waals surface area (Å²) in [7, 11) is -1.16. The van der Waals surface area contributed by atoms with E-state index in [9.17, 15) is 13.2 Å². The van der Waals surface area contributed by atoms with Gasteiger partial charge >= 0.3 is 0 Å². The summed E-state index contributed by atoms with van der Waals surface area (Å²) in [4.78, 5) is 18.8. The van der Waals surface area contributed by atoms with Gasteiger partial charge in [-0.2, -0.15) is 0 Å². The molecule has 7 heteroatoms. The second kappa shape index (κ2) is 6.64. The van der Waals surface area contributed by atoms with Gasteiger partial charge in [-0.25, -0.2) is 13.4 Å². The molecule has 130 valence electrons. The topological polar surface area (TPSA) is 71.8 Å². The molecule has 24 heavy (non-hydrogen) atoms. The number of rotatable bonds is 4. The summed E-state index contributed by atoms with van der Waals surface area (Å²) < 4.78 is 25.7. The zero-order chi connectivity index (χ0) is 17.3. The van der Waals surface area contributed by atoms with Crippen molar-refractivity contribution in [3.8, 4) is 0 Å². The van der Waals surface area contributed by atoms with Crippen LogP contribution in [0, 0.1) is 0 Å². The Hall–Kier alpha value is -1.73. The molecule has 0 unspecified atom stereocenters. The standard InChI is InChI=1S/C17H23N3O3S/c1-19(14-7-3-4-8-15(14)24(2,22)23)12-13-11-17(21)20-10-6-5-9-16(20)18-13/h5-6,9-11,14-15H,3-4,7-8,12H2,1-2H3/t14-,15-/m1/s1. The van der Waals surface area contributed by atoms with E-state index in [1.54, 1.807) is 18.3 Å². The Morgan fingerprint density at radius 1 is 1.29 bits per heavy atom. The first kappa shape index (κ1) is 17.1. The summed E-state index contributed by atoms with van der Waals surface area (Å²) in [5.74, 6) is 0. The first-order valence-electron chi connectivity index (χ1n) is 8.23. The minimum absolute atomic E-state index is 0.0234. The predicted octanol–water partition coefficient (Wildman–Crippen LogP) is 1.48. The first-order chi connectivity index (χ1) is 11.4. The van der Waals surface area contributed by atoms with Gasteiger partial charge in [0.15, 0.2) is 9.84 Å². The monoisotopic (exact) mass is 349 g/mol. The normalized spacial score (nSPS) is 22.1. The molecule has 2 atom stereocenters. The van der Waals surface area contributed by atoms with E-state index >= 15 is 0 Å². The molecule has 6 nitrogen and oxygen atoms in total. The average Bonchev–Trinajstić information content (AvgIpc) is 2.54. The molecule has 3 rings (SSSR count). The highest BCUT2D eigenvalue weighted by molar-refractivity contribution is 7.91. The van der Waals surface area contributed by atoms with Crippen LogP contribution in [0.2, 0.25) is 0 Å². The van der Waals surface area contributed by atoms with Gasteiger partial charge in [-0.3, -0.25) is 14.1 Å². The molecule has 2 aromatic rings. The summed E-state index contributed by atoms with van der Waals surface area (Å²) in [5, 5.41) is -0.335. The van der Waals surface area contributed by atoms with Crippen LogP contribution < -0.4 is 5.56 Å². The van der Waals surface area contributed by atoms with E-state index < -0.39 is 9.84 Å². The molecule has 0 amide bonds. The number of aromatic nitrogens is 2. The fraction of sp³-hybridized carbons (Fsp3) is 0.529. The van der Waals surface area contributed by atoms with Crippen molar-refractivity contribution in [3.05, 3.63) is 46.5 Å². The van der Waals surface area contributed by atoms with Crippen LogP contribution in [0.15, 0.2) is 35.3 Å². The Morgan fingerprint density at radius 2 is 2.04 bits per heavy atom. The van der Waals surface area contributed by atoms with E-state index in [0.29, 0.717) is 24.3 Å². The summed E-state index contributed by atoms with van der Waals surface area (Å²) in [6.07, 6.45) is 6.58. The zero-order valence-electron chi connectivity index (χ0n) is 14.1. The van der Waals surface area contributed by atoms with Crippen LogP contribution in [-0.4, -0.2) is 47.3 Å². The molecule has 2 heterocycles. The quantitative estimate of drug-likeness (QED) is 0.836. The minimum Gasteiger partial charge on any atom is -0.296 e. The predicted molar refractivity (Wildman–Crippen MR) is 93.8 cm³/mol. The van der Waals surface area contributed by atoms with Crippen LogP contribution in [0.25, 0.3) is 5.65 Å². The molecule has 2 aromatic heterocycles. The summed E-state index contributed by atoms with van der Waals surface area (Å²) >= 11 is 0. The van der Waals surface area contributed by atoms with Gasteiger partial charge in [0.05, 0.1) is 10.9 Å². The van der Waals surface area contributed by atoms with Crippen molar-refractivity contribution in [1.82, 2.24) is 14.3 Å². The van der Waals surface area contributed by atoms with Crippen LogP contribution in [0.3, 0.4) is 0 Å². The van der Waals surface area contributed by atoms with Crippen LogP contribution in [-0.2, 0) is 16.4 Å². The summed E-state index contributed by atoms with van der Waals surface area (Å²) in [6, 6.07) is 6.94. The van der Waals surface area contributed by atoms with E-state index in [4.69, 9.17) is 0 Å². The molecule has 1 aliphatic rings. The van der Waals surface area contributed by atoms with Gasteiger partial charge in [0.2, 0.25) is 0 Å². The van der Waals surface area contributed by atoms with Crippen molar-refractivity contribution in [2.45, 2.75) is 43.5 Å². The summed E-state index contributed by atoms with van der Waals surface area (Å²) in [5.41, 5.74) is 1.16. The van der Waals surface area contributed by atoms with Gasteiger partial charge in [-0.1, -0.05) is 18.9 Å². The van der Waals surface area contributed by atoms with Crippen molar-refractivity contribution in [1.29, 1.82) is 0 Å². The SMILES string of the molecule is CN(Cc1cc(=O)n2ccccc2n1)[C@@H]1CCCC[C@H]1S(C)(=O)=O. The molecule has 1 aliphatic carbocycles. The molecule has 0 aliphatic heterocycles. The van der Waals surface area contributed by atoms with Gasteiger partial charge in [-0.15, -0.1) is 0 Å². The lowest BCUT2D eigenvalue weighted by Gasteiger charge is -2.36. The number of hydrogen-bond donors (Lipinski definition) is 0. The van der Waals surface area contributed by atoms with Crippen molar-refractivity contribution in [2.24, 2.45) is 0 Å². The van der Waals surface area contributed by atoms with E-state index in [1.165, 1.54) is 16.7 Å². The number of fused-ring (bicyclic) bond motifs is 1. The second-order valence-electron chi connectivity index (χ2n) is 6.65. The van der Waals surface area contributed by atoms with Crippen molar-refractivity contribution in [2.75, 3.05) is 13.3 Å². The van der Waals surface area contributed by atoms with E-state index in [1.807, 2.05) is 18.0 Å². The first-order valence-corrected chi connectivity index (χ1v) is 10.2. The molecule has 1 fully saturated rings. The lowest BCUT2D eigenvalue weighted by Crippen LogP contribution is -2.46. The number of hydrogen-bond acceptors (Lipinski definition) is 5. The maximum Gasteiger partial charge on any atom is 0.258 e. The minimum atomic E-state index is -3.08. The number of pyridine rings is 1. The highest BCUT2D eigenvalue weighted by Crippen LogP contribution is 2.28. The molecular formula is C17H23N3O3S. The van der Waals surface area contributed by atoms with Gasteiger partial charge in [0.25, 0.3) is 5.56 Å². The average molecular weight is 349 g/mol. The van der Waals surface area contributed by atoms with Gasteiger partial charge in [-0.05, 0) is 32.0 Å². The van der Waals surface area contributed by atoms with Crippen molar-refractivity contribution in [3.63, 3.8) is 0 Å². The highest BCUT2D eigenvalue weighted by Gasteiger charge is 2.35. The Bertz CT molecular complexity index is 891. The fourth-order valence-electron chi connectivity index (χ4n) is 3.64. The third-order valence-electron chi connectivity index (χ3n) is 4.82. The molecular weight excluding hydrogens is 326 g/mol. The lowest BCUT2D eigenvalue weighted by molar-refractivity contribution is 0.185. The van der Waals surface area contributed by atoms with Crippen LogP contribution >= 0.6 is 0 Å². The fourth-order valence-corrected chi connectivity index (χ4v) is 5.15. The van der Waals surface area contributed by atoms with E-state index in [0.717, 1.165) is 19.3 Å². The smallest absolute Gasteiger partial charge is 0.258 e. The molecule has 1 saturated carbocycles. The van der Waals surface area contributed by atoms with Crippen LogP contribution in [0.4, 0.5) is 0 Å². The Balaban J connectivity index is 1.86. The van der Waals surface area contributed by atoms with Gasteiger partial charge in [0, 0.05) is 31.1 Å². The third-order valence-corrected chi connectivity index (χ3v) is 6.47. The Labute approximate surface area is 142 Å². The Kier molecular flexibility index (Phi) is 4.73. The van der Waals surface area contributed by atoms with Crippen molar-refractivity contribution < 1.29 is 8.42 Å². The maximum absolute atomic E-state index is 12.2. The highest BCUT2D eigenvalue weighted by atomic mass is 32.2. The van der Waals surface area contributed by atoms with Crippen molar-refractivity contribution >= 4 is 15.5 Å². The molecule has 0 bridgehead atoms. The summed E-state index contributed by atoms with van der Waals surface area (Å²) in [6.45, 7) is 0.470. The largest absolute Gasteiger partial charge is 0.296 e. The zero-order valence-corrected chi connectivity index (χ0v) is 14.9. The molecule has 0 spiro atoms. The van der Waals surface area contributed by atoms with E-state index in [2.05, 4.69) is 4.98 Å². The van der Waals surface area contributed by atoms with Crippen LogP contribution in [0.5, 0.6) is 0 Å².